The van der Waals surface area contributed by atoms with Gasteiger partial charge in [0.15, 0.2) is 5.65 Å². The lowest BCUT2D eigenvalue weighted by atomic mass is 10.1. The van der Waals surface area contributed by atoms with Gasteiger partial charge in [-0.25, -0.2) is 9.78 Å². The van der Waals surface area contributed by atoms with E-state index in [4.69, 9.17) is 5.11 Å². The summed E-state index contributed by atoms with van der Waals surface area (Å²) >= 11 is 0. The lowest BCUT2D eigenvalue weighted by Crippen LogP contribution is -2.36. The van der Waals surface area contributed by atoms with Crippen LogP contribution in [0.4, 0.5) is 0 Å². The van der Waals surface area contributed by atoms with Crippen molar-refractivity contribution in [2.75, 3.05) is 13.6 Å². The molecule has 0 aliphatic heterocycles. The fourth-order valence-corrected chi connectivity index (χ4v) is 3.07. The zero-order valence-corrected chi connectivity index (χ0v) is 15.5. The van der Waals surface area contributed by atoms with Crippen LogP contribution >= 0.6 is 0 Å². The molecule has 2 aromatic heterocycles. The number of hydrogen-bond acceptors (Lipinski definition) is 5. The molecule has 0 unspecified atom stereocenters. The van der Waals surface area contributed by atoms with Crippen LogP contribution in [-0.2, 0) is 11.3 Å². The standard InChI is InChI=1S/C18H22N4O5/c1-9(2)7-22-15-14(16(25)20-18(22)27)11(6-12(19-15)10-4-5-10)17(26)21(3)8-13(23)24/h6,9-10H,4-5,7-8H2,1-3H3,(H,23,24)(H,20,25,27). The van der Waals surface area contributed by atoms with Gasteiger partial charge in [-0.15, -0.1) is 0 Å². The Hall–Kier alpha value is -2.97. The highest BCUT2D eigenvalue weighted by atomic mass is 16.4. The van der Waals surface area contributed by atoms with Gasteiger partial charge >= 0.3 is 11.7 Å². The number of likely N-dealkylation sites (N-methyl/N-ethyl adjacent to an activating group) is 1. The van der Waals surface area contributed by atoms with Gasteiger partial charge in [0.05, 0.1) is 10.9 Å². The maximum atomic E-state index is 12.9. The average Bonchev–Trinajstić information content (AvgIpc) is 3.40. The van der Waals surface area contributed by atoms with Crippen molar-refractivity contribution in [3.63, 3.8) is 0 Å². The molecule has 0 aromatic carbocycles. The second kappa shape index (κ2) is 6.98. The molecule has 1 amide bonds. The van der Waals surface area contributed by atoms with Gasteiger partial charge in [0.1, 0.15) is 6.54 Å². The number of hydrogen-bond donors (Lipinski definition) is 2. The van der Waals surface area contributed by atoms with Crippen LogP contribution in [0.1, 0.15) is 48.7 Å². The number of nitrogens with zero attached hydrogens (tertiary/aromatic N) is 3. The van der Waals surface area contributed by atoms with Gasteiger partial charge in [-0.05, 0) is 24.8 Å². The van der Waals surface area contributed by atoms with E-state index in [0.29, 0.717) is 12.2 Å². The maximum absolute atomic E-state index is 12.9. The highest BCUT2D eigenvalue weighted by Crippen LogP contribution is 2.40. The Morgan fingerprint density at radius 2 is 2.04 bits per heavy atom. The molecule has 27 heavy (non-hydrogen) atoms. The van der Waals surface area contributed by atoms with Crippen LogP contribution in [0.25, 0.3) is 11.0 Å². The molecule has 144 valence electrons. The molecule has 0 atom stereocenters. The first kappa shape index (κ1) is 18.8. The average molecular weight is 374 g/mol. The van der Waals surface area contributed by atoms with Crippen molar-refractivity contribution in [1.29, 1.82) is 0 Å². The number of amides is 1. The molecule has 1 fully saturated rings. The summed E-state index contributed by atoms with van der Waals surface area (Å²) in [5.41, 5.74) is -0.369. The van der Waals surface area contributed by atoms with Crippen molar-refractivity contribution < 1.29 is 14.7 Å². The van der Waals surface area contributed by atoms with Gasteiger partial charge < -0.3 is 10.0 Å². The first-order chi connectivity index (χ1) is 12.7. The topological polar surface area (TPSA) is 125 Å². The number of carbonyl (C=O) groups excluding carboxylic acids is 1. The minimum atomic E-state index is -1.16. The highest BCUT2D eigenvalue weighted by molar-refractivity contribution is 6.06. The number of rotatable bonds is 6. The molecular weight excluding hydrogens is 352 g/mol. The van der Waals surface area contributed by atoms with Gasteiger partial charge in [0.2, 0.25) is 0 Å². The Kier molecular flexibility index (Phi) is 4.86. The van der Waals surface area contributed by atoms with E-state index < -0.39 is 29.7 Å². The smallest absolute Gasteiger partial charge is 0.330 e. The summed E-state index contributed by atoms with van der Waals surface area (Å²) in [4.78, 5) is 56.5. The Morgan fingerprint density at radius 1 is 1.37 bits per heavy atom. The molecule has 9 nitrogen and oxygen atoms in total. The molecule has 0 saturated heterocycles. The number of carboxylic acids is 1. The third-order valence-electron chi connectivity index (χ3n) is 4.46. The van der Waals surface area contributed by atoms with E-state index in [2.05, 4.69) is 9.97 Å². The number of H-pyrrole nitrogens is 1. The van der Waals surface area contributed by atoms with Crippen LogP contribution in [0.15, 0.2) is 15.7 Å². The molecule has 9 heteroatoms. The minimum absolute atomic E-state index is 0.0156. The van der Waals surface area contributed by atoms with E-state index in [0.717, 1.165) is 17.7 Å². The van der Waals surface area contributed by atoms with Crippen LogP contribution in [0.2, 0.25) is 0 Å². The van der Waals surface area contributed by atoms with E-state index in [9.17, 15) is 19.2 Å². The summed E-state index contributed by atoms with van der Waals surface area (Å²) < 4.78 is 1.38. The Balaban J connectivity index is 2.29. The van der Waals surface area contributed by atoms with Gasteiger partial charge in [-0.1, -0.05) is 13.8 Å². The van der Waals surface area contributed by atoms with Crippen LogP contribution in [0.5, 0.6) is 0 Å². The van der Waals surface area contributed by atoms with Crippen molar-refractivity contribution >= 4 is 22.9 Å². The fourth-order valence-electron chi connectivity index (χ4n) is 3.07. The molecule has 0 spiro atoms. The number of aromatic nitrogens is 3. The van der Waals surface area contributed by atoms with Gasteiger partial charge in [0, 0.05) is 25.2 Å². The number of aliphatic carboxylic acids is 1. The lowest BCUT2D eigenvalue weighted by Gasteiger charge is -2.18. The van der Waals surface area contributed by atoms with Crippen molar-refractivity contribution in [2.45, 2.75) is 39.2 Å². The zero-order chi connectivity index (χ0) is 19.9. The van der Waals surface area contributed by atoms with Gasteiger partial charge in [-0.3, -0.25) is 23.9 Å². The van der Waals surface area contributed by atoms with Gasteiger partial charge in [-0.2, -0.15) is 0 Å². The van der Waals surface area contributed by atoms with Crippen LogP contribution < -0.4 is 11.2 Å². The highest BCUT2D eigenvalue weighted by Gasteiger charge is 2.29. The number of carboxylic acid groups (broad SMARTS) is 1. The Labute approximate surface area is 154 Å². The lowest BCUT2D eigenvalue weighted by molar-refractivity contribution is -0.137. The number of aromatic amines is 1. The second-order valence-electron chi connectivity index (χ2n) is 7.39. The Bertz CT molecular complexity index is 1030. The number of nitrogens with one attached hydrogen (secondary N) is 1. The molecule has 1 aliphatic rings. The van der Waals surface area contributed by atoms with Crippen molar-refractivity contribution in [2.24, 2.45) is 5.92 Å². The largest absolute Gasteiger partial charge is 0.480 e. The number of pyridine rings is 1. The SMILES string of the molecule is CC(C)Cn1c(=O)[nH]c(=O)c2c(C(=O)N(C)CC(=O)O)cc(C3CC3)nc21. The van der Waals surface area contributed by atoms with Crippen molar-refractivity contribution in [3.8, 4) is 0 Å². The zero-order valence-electron chi connectivity index (χ0n) is 15.5. The van der Waals surface area contributed by atoms with Gasteiger partial charge in [0.25, 0.3) is 11.5 Å². The second-order valence-corrected chi connectivity index (χ2v) is 7.39. The van der Waals surface area contributed by atoms with E-state index in [-0.39, 0.29) is 28.4 Å². The first-order valence-electron chi connectivity index (χ1n) is 8.84. The monoisotopic (exact) mass is 374 g/mol. The van der Waals surface area contributed by atoms with Crippen LogP contribution in [0.3, 0.4) is 0 Å². The summed E-state index contributed by atoms with van der Waals surface area (Å²) in [5.74, 6) is -1.44. The Morgan fingerprint density at radius 3 is 2.59 bits per heavy atom. The summed E-state index contributed by atoms with van der Waals surface area (Å²) in [6, 6.07) is 1.56. The van der Waals surface area contributed by atoms with Crippen molar-refractivity contribution in [3.05, 3.63) is 38.2 Å². The third-order valence-corrected chi connectivity index (χ3v) is 4.46. The maximum Gasteiger partial charge on any atom is 0.330 e. The summed E-state index contributed by atoms with van der Waals surface area (Å²) in [6.07, 6.45) is 1.85. The molecular formula is C18H22N4O5. The molecule has 3 rings (SSSR count). The summed E-state index contributed by atoms with van der Waals surface area (Å²) in [5, 5.41) is 8.98. The number of fused-ring (bicyclic) bond motifs is 1. The van der Waals surface area contributed by atoms with E-state index in [1.165, 1.54) is 11.6 Å². The molecule has 0 radical (unpaired) electrons. The van der Waals surface area contributed by atoms with E-state index >= 15 is 0 Å². The van der Waals surface area contributed by atoms with Crippen LogP contribution in [-0.4, -0.2) is 50.0 Å². The molecule has 2 N–H and O–H groups in total. The normalized spacial score (nSPS) is 13.9. The van der Waals surface area contributed by atoms with E-state index in [1.807, 2.05) is 13.8 Å². The molecule has 1 aliphatic carbocycles. The van der Waals surface area contributed by atoms with Crippen molar-refractivity contribution in [1.82, 2.24) is 19.4 Å². The fraction of sp³-hybridized carbons (Fsp3) is 0.500. The van der Waals surface area contributed by atoms with E-state index in [1.54, 1.807) is 6.07 Å². The number of carbonyl (C=O) groups is 2. The minimum Gasteiger partial charge on any atom is -0.480 e. The molecule has 1 saturated carbocycles. The predicted octanol–water partition coefficient (Wildman–Crippen LogP) is 0.775. The molecule has 2 aromatic rings. The first-order valence-corrected chi connectivity index (χ1v) is 8.84. The summed E-state index contributed by atoms with van der Waals surface area (Å²) in [7, 11) is 1.36. The quantitative estimate of drug-likeness (QED) is 0.769. The third kappa shape index (κ3) is 3.76. The summed E-state index contributed by atoms with van der Waals surface area (Å²) in [6.45, 7) is 3.71. The van der Waals surface area contributed by atoms with Crippen LogP contribution in [0, 0.1) is 5.92 Å². The predicted molar refractivity (Wildman–Crippen MR) is 98.0 cm³/mol. The molecule has 0 bridgehead atoms. The molecule has 2 heterocycles.